The molecule has 7 nitrogen and oxygen atoms in total. The lowest BCUT2D eigenvalue weighted by Gasteiger charge is -2.17. The number of aryl methyl sites for hydroxylation is 1. The van der Waals surface area contributed by atoms with Crippen molar-refractivity contribution in [1.29, 1.82) is 0 Å². The number of aromatic nitrogens is 3. The van der Waals surface area contributed by atoms with E-state index in [1.807, 2.05) is 36.4 Å². The van der Waals surface area contributed by atoms with Gasteiger partial charge in [0.2, 0.25) is 0 Å². The minimum Gasteiger partial charge on any atom is -0.406 e. The van der Waals surface area contributed by atoms with Crippen molar-refractivity contribution < 1.29 is 17.9 Å². The third kappa shape index (κ3) is 6.94. The molecule has 0 fully saturated rings. The average molecular weight is 539 g/mol. The lowest BCUT2D eigenvalue weighted by molar-refractivity contribution is -0.274. The number of hydrogen-bond acceptors (Lipinski definition) is 5. The topological polar surface area (TPSA) is 76.4 Å². The SMILES string of the molecule is Cc1cccc(NC(=S)N/N=C/c2ccc(-c3ncn(-c4ccc(OC(F)(F)F)cc4)n3)cc2)c1C(C)C. The van der Waals surface area contributed by atoms with Crippen molar-refractivity contribution in [3.8, 4) is 22.8 Å². The Morgan fingerprint density at radius 3 is 2.42 bits per heavy atom. The Balaban J connectivity index is 1.35. The van der Waals surface area contributed by atoms with Crippen LogP contribution in [0.2, 0.25) is 0 Å². The molecule has 0 atom stereocenters. The van der Waals surface area contributed by atoms with Crippen LogP contribution < -0.4 is 15.5 Å². The molecular weight excluding hydrogens is 513 g/mol. The molecule has 0 spiro atoms. The Bertz CT molecular complexity index is 1430. The number of benzene rings is 3. The van der Waals surface area contributed by atoms with Crippen molar-refractivity contribution >= 4 is 29.2 Å². The number of anilines is 1. The highest BCUT2D eigenvalue weighted by atomic mass is 32.1. The first kappa shape index (κ1) is 26.8. The van der Waals surface area contributed by atoms with E-state index in [1.54, 1.807) is 6.21 Å². The maximum atomic E-state index is 12.3. The highest BCUT2D eigenvalue weighted by Crippen LogP contribution is 2.27. The van der Waals surface area contributed by atoms with Crippen LogP contribution in [0.1, 0.15) is 36.5 Å². The second-order valence-electron chi connectivity index (χ2n) is 8.69. The van der Waals surface area contributed by atoms with Crippen LogP contribution in [0.4, 0.5) is 18.9 Å². The molecule has 1 aromatic heterocycles. The summed E-state index contributed by atoms with van der Waals surface area (Å²) >= 11 is 5.39. The molecule has 3 aromatic carbocycles. The Labute approximate surface area is 223 Å². The van der Waals surface area contributed by atoms with E-state index < -0.39 is 6.36 Å². The van der Waals surface area contributed by atoms with Gasteiger partial charge in [0.1, 0.15) is 12.1 Å². The summed E-state index contributed by atoms with van der Waals surface area (Å²) in [5.74, 6) is 0.509. The molecule has 38 heavy (non-hydrogen) atoms. The number of alkyl halides is 3. The van der Waals surface area contributed by atoms with Gasteiger partial charge >= 0.3 is 6.36 Å². The number of nitrogens with one attached hydrogen (secondary N) is 2. The minimum atomic E-state index is -4.74. The number of thiocarbonyl (C=S) groups is 1. The largest absolute Gasteiger partial charge is 0.573 e. The number of halogens is 3. The second-order valence-corrected chi connectivity index (χ2v) is 9.10. The van der Waals surface area contributed by atoms with E-state index in [2.05, 4.69) is 57.5 Å². The van der Waals surface area contributed by atoms with E-state index in [0.29, 0.717) is 22.5 Å². The van der Waals surface area contributed by atoms with Gasteiger partial charge in [-0.3, -0.25) is 5.43 Å². The zero-order valence-corrected chi connectivity index (χ0v) is 21.6. The molecule has 11 heteroatoms. The second kappa shape index (κ2) is 11.4. The van der Waals surface area contributed by atoms with E-state index in [1.165, 1.54) is 46.4 Å². The van der Waals surface area contributed by atoms with Crippen LogP contribution in [0.15, 0.2) is 78.2 Å². The van der Waals surface area contributed by atoms with Crippen molar-refractivity contribution in [2.45, 2.75) is 33.1 Å². The van der Waals surface area contributed by atoms with Crippen molar-refractivity contribution in [1.82, 2.24) is 20.2 Å². The number of hydrazone groups is 1. The van der Waals surface area contributed by atoms with Crippen LogP contribution >= 0.6 is 12.2 Å². The molecule has 1 heterocycles. The Morgan fingerprint density at radius 1 is 1.05 bits per heavy atom. The normalized spacial score (nSPS) is 11.7. The minimum absolute atomic E-state index is 0.305. The van der Waals surface area contributed by atoms with Gasteiger partial charge in [0.25, 0.3) is 0 Å². The van der Waals surface area contributed by atoms with Gasteiger partial charge in [0, 0.05) is 11.3 Å². The Kier molecular flexibility index (Phi) is 8.06. The van der Waals surface area contributed by atoms with Gasteiger partial charge in [-0.25, -0.2) is 9.67 Å². The van der Waals surface area contributed by atoms with Gasteiger partial charge in [-0.15, -0.1) is 18.3 Å². The third-order valence-electron chi connectivity index (χ3n) is 5.52. The number of ether oxygens (including phenoxy) is 1. The summed E-state index contributed by atoms with van der Waals surface area (Å²) < 4.78 is 42.4. The maximum absolute atomic E-state index is 12.3. The standard InChI is InChI=1S/C27H25F3N6OS/c1-17(2)24-18(3)5-4-6-23(24)33-26(38)34-32-15-19-7-9-20(10-8-19)25-31-16-36(35-25)21-11-13-22(14-12-21)37-27(28,29)30/h4-17H,1-3H3,(H2,33,34,38)/b32-15+. The van der Waals surface area contributed by atoms with E-state index in [0.717, 1.165) is 16.8 Å². The summed E-state index contributed by atoms with van der Waals surface area (Å²) in [6.45, 7) is 6.35. The predicted molar refractivity (Wildman–Crippen MR) is 146 cm³/mol. The lowest BCUT2D eigenvalue weighted by atomic mass is 9.96. The summed E-state index contributed by atoms with van der Waals surface area (Å²) in [5, 5.41) is 12.2. The number of hydrogen-bond donors (Lipinski definition) is 2. The molecule has 196 valence electrons. The fourth-order valence-corrected chi connectivity index (χ4v) is 4.07. The quantitative estimate of drug-likeness (QED) is 0.157. The van der Waals surface area contributed by atoms with Crippen molar-refractivity contribution in [2.75, 3.05) is 5.32 Å². The molecule has 4 rings (SSSR count). The molecule has 0 amide bonds. The third-order valence-corrected chi connectivity index (χ3v) is 5.72. The average Bonchev–Trinajstić information content (AvgIpc) is 3.34. The maximum Gasteiger partial charge on any atom is 0.573 e. The molecule has 2 N–H and O–H groups in total. The van der Waals surface area contributed by atoms with Gasteiger partial charge in [-0.1, -0.05) is 50.2 Å². The van der Waals surface area contributed by atoms with Crippen LogP contribution in [-0.4, -0.2) is 32.5 Å². The van der Waals surface area contributed by atoms with Gasteiger partial charge < -0.3 is 10.1 Å². The van der Waals surface area contributed by atoms with E-state index >= 15 is 0 Å². The molecule has 0 saturated carbocycles. The fraction of sp³-hybridized carbons (Fsp3) is 0.185. The smallest absolute Gasteiger partial charge is 0.406 e. The van der Waals surface area contributed by atoms with Gasteiger partial charge in [-0.2, -0.15) is 5.10 Å². The molecule has 0 radical (unpaired) electrons. The zero-order valence-electron chi connectivity index (χ0n) is 20.8. The first-order valence-electron chi connectivity index (χ1n) is 11.7. The highest BCUT2D eigenvalue weighted by Gasteiger charge is 2.31. The summed E-state index contributed by atoms with van der Waals surface area (Å²) in [7, 11) is 0. The van der Waals surface area contributed by atoms with Crippen LogP contribution in [0.25, 0.3) is 17.1 Å². The number of rotatable bonds is 7. The summed E-state index contributed by atoms with van der Waals surface area (Å²) in [5.41, 5.74) is 8.35. The lowest BCUT2D eigenvalue weighted by Crippen LogP contribution is -2.24. The molecule has 0 unspecified atom stereocenters. The van der Waals surface area contributed by atoms with E-state index in [9.17, 15) is 13.2 Å². The predicted octanol–water partition coefficient (Wildman–Crippen LogP) is 6.59. The van der Waals surface area contributed by atoms with Crippen molar-refractivity contribution in [3.63, 3.8) is 0 Å². The van der Waals surface area contributed by atoms with Gasteiger partial charge in [0.15, 0.2) is 10.9 Å². The van der Waals surface area contributed by atoms with Crippen LogP contribution in [0.3, 0.4) is 0 Å². The zero-order chi connectivity index (χ0) is 27.3. The molecule has 0 aliphatic rings. The van der Waals surface area contributed by atoms with E-state index in [-0.39, 0.29) is 5.75 Å². The monoisotopic (exact) mass is 538 g/mol. The van der Waals surface area contributed by atoms with Gasteiger partial charge in [0.05, 0.1) is 11.9 Å². The highest BCUT2D eigenvalue weighted by molar-refractivity contribution is 7.80. The van der Waals surface area contributed by atoms with Crippen molar-refractivity contribution in [3.05, 3.63) is 89.7 Å². The molecule has 0 aliphatic carbocycles. The fourth-order valence-electron chi connectivity index (χ4n) is 3.91. The Morgan fingerprint density at radius 2 is 1.76 bits per heavy atom. The van der Waals surface area contributed by atoms with Crippen LogP contribution in [0, 0.1) is 6.92 Å². The Hall–Kier alpha value is -4.25. The van der Waals surface area contributed by atoms with E-state index in [4.69, 9.17) is 12.2 Å². The molecule has 0 saturated heterocycles. The number of nitrogens with zero attached hydrogens (tertiary/aromatic N) is 4. The van der Waals surface area contributed by atoms with Crippen LogP contribution in [-0.2, 0) is 0 Å². The molecule has 4 aromatic rings. The molecular formula is C27H25F3N6OS. The molecule has 0 bridgehead atoms. The summed E-state index contributed by atoms with van der Waals surface area (Å²) in [6, 6.07) is 18.8. The molecule has 0 aliphatic heterocycles. The first-order valence-corrected chi connectivity index (χ1v) is 12.1. The van der Waals surface area contributed by atoms with Crippen LogP contribution in [0.5, 0.6) is 5.75 Å². The summed E-state index contributed by atoms with van der Waals surface area (Å²) in [4.78, 5) is 4.29. The first-order chi connectivity index (χ1) is 18.1. The van der Waals surface area contributed by atoms with Crippen molar-refractivity contribution in [2.24, 2.45) is 5.10 Å². The summed E-state index contributed by atoms with van der Waals surface area (Å²) in [6.07, 6.45) is -1.61. The van der Waals surface area contributed by atoms with Gasteiger partial charge in [-0.05, 0) is 72.1 Å².